The third-order valence-corrected chi connectivity index (χ3v) is 7.26. The molecule has 0 radical (unpaired) electrons. The number of hydrogen-bond donors (Lipinski definition) is 0. The second-order valence-electron chi connectivity index (χ2n) is 9.48. The summed E-state index contributed by atoms with van der Waals surface area (Å²) < 4.78 is 2.35. The Kier molecular flexibility index (Phi) is 4.25. The number of hydrogen-bond acceptors (Lipinski definition) is 0. The van der Waals surface area contributed by atoms with Crippen LogP contribution in [0.2, 0.25) is 0 Å². The van der Waals surface area contributed by atoms with Crippen LogP contribution in [0.4, 0.5) is 0 Å². The van der Waals surface area contributed by atoms with Gasteiger partial charge in [-0.1, -0.05) is 87.2 Å². The molecule has 0 saturated carbocycles. The van der Waals surface area contributed by atoms with Gasteiger partial charge in [0, 0.05) is 21.7 Å². The van der Waals surface area contributed by atoms with E-state index in [1.165, 1.54) is 43.9 Å². The van der Waals surface area contributed by atoms with Gasteiger partial charge in [-0.3, -0.25) is 0 Å². The number of para-hydroxylation sites is 1. The summed E-state index contributed by atoms with van der Waals surface area (Å²) in [7, 11) is 0. The van der Waals surface area contributed by atoms with Crippen LogP contribution in [0.3, 0.4) is 0 Å². The molecule has 0 amide bonds. The molecule has 6 rings (SSSR count). The maximum absolute atomic E-state index is 4.50. The van der Waals surface area contributed by atoms with Gasteiger partial charge >= 0.3 is 0 Å². The topological polar surface area (TPSA) is 4.93 Å². The van der Waals surface area contributed by atoms with Crippen molar-refractivity contribution >= 4 is 34.3 Å². The van der Waals surface area contributed by atoms with E-state index in [0.717, 1.165) is 16.3 Å². The Labute approximate surface area is 194 Å². The minimum atomic E-state index is -0.00116. The third kappa shape index (κ3) is 2.72. The molecule has 1 nitrogen and oxygen atoms in total. The summed E-state index contributed by atoms with van der Waals surface area (Å²) in [6, 6.07) is 28.8. The maximum Gasteiger partial charge on any atom is 0.0547 e. The minimum absolute atomic E-state index is 0.00116. The van der Waals surface area contributed by atoms with Crippen LogP contribution in [0.1, 0.15) is 31.9 Å². The van der Waals surface area contributed by atoms with Gasteiger partial charge in [-0.2, -0.15) is 0 Å². The number of rotatable bonds is 2. The Bertz CT molecular complexity index is 1700. The van der Waals surface area contributed by atoms with Gasteiger partial charge in [-0.05, 0) is 70.3 Å². The van der Waals surface area contributed by atoms with E-state index in [1.807, 2.05) is 6.92 Å². The van der Waals surface area contributed by atoms with Gasteiger partial charge in [0.25, 0.3) is 0 Å². The van der Waals surface area contributed by atoms with Gasteiger partial charge in [0.2, 0.25) is 0 Å². The van der Waals surface area contributed by atoms with Crippen molar-refractivity contribution in [3.05, 3.63) is 113 Å². The first-order chi connectivity index (χ1) is 16.0. The van der Waals surface area contributed by atoms with Crippen LogP contribution < -0.4 is 10.6 Å². The van der Waals surface area contributed by atoms with Crippen molar-refractivity contribution in [2.24, 2.45) is 0 Å². The SMILES string of the molecule is C=c1/c(=C\C=C/C)n(-c2ccccc2)c2cc3c4c(ccc3cc12)C(C)(C)c1ccccc1-4. The number of allylic oxidation sites excluding steroid dienone is 2. The van der Waals surface area contributed by atoms with Crippen molar-refractivity contribution in [2.75, 3.05) is 0 Å². The van der Waals surface area contributed by atoms with Gasteiger partial charge in [0.15, 0.2) is 0 Å². The molecule has 0 spiro atoms. The van der Waals surface area contributed by atoms with Crippen molar-refractivity contribution in [1.29, 1.82) is 0 Å². The Hall–Kier alpha value is -3.84. The minimum Gasteiger partial charge on any atom is -0.309 e. The first-order valence-electron chi connectivity index (χ1n) is 11.6. The molecule has 33 heavy (non-hydrogen) atoms. The highest BCUT2D eigenvalue weighted by Crippen LogP contribution is 2.51. The van der Waals surface area contributed by atoms with Crippen LogP contribution in [0, 0.1) is 0 Å². The van der Waals surface area contributed by atoms with Crippen molar-refractivity contribution in [3.63, 3.8) is 0 Å². The lowest BCUT2D eigenvalue weighted by molar-refractivity contribution is 0.661. The molecule has 0 atom stereocenters. The average molecular weight is 426 g/mol. The summed E-state index contributed by atoms with van der Waals surface area (Å²) in [5.41, 5.74) is 7.90. The summed E-state index contributed by atoms with van der Waals surface area (Å²) in [6.45, 7) is 11.2. The fraction of sp³-hybridized carbons (Fsp3) is 0.125. The van der Waals surface area contributed by atoms with E-state index < -0.39 is 0 Å². The Balaban J connectivity index is 1.80. The van der Waals surface area contributed by atoms with Crippen molar-refractivity contribution in [3.8, 4) is 16.8 Å². The molecular formula is C32H27N. The molecule has 5 aromatic rings. The monoisotopic (exact) mass is 425 g/mol. The van der Waals surface area contributed by atoms with Crippen LogP contribution in [-0.4, -0.2) is 4.57 Å². The Morgan fingerprint density at radius 1 is 0.818 bits per heavy atom. The molecule has 1 aliphatic rings. The predicted octanol–water partition coefficient (Wildman–Crippen LogP) is 6.86. The van der Waals surface area contributed by atoms with Crippen LogP contribution in [0.15, 0.2) is 91.0 Å². The molecule has 0 unspecified atom stereocenters. The van der Waals surface area contributed by atoms with Crippen LogP contribution >= 0.6 is 0 Å². The molecule has 1 aliphatic carbocycles. The Morgan fingerprint density at radius 3 is 2.36 bits per heavy atom. The fourth-order valence-corrected chi connectivity index (χ4v) is 5.61. The van der Waals surface area contributed by atoms with Gasteiger partial charge in [0.1, 0.15) is 0 Å². The molecule has 1 heterocycles. The summed E-state index contributed by atoms with van der Waals surface area (Å²) in [5.74, 6) is 0. The smallest absolute Gasteiger partial charge is 0.0547 e. The normalized spacial score (nSPS) is 14.9. The van der Waals surface area contributed by atoms with E-state index in [-0.39, 0.29) is 5.41 Å². The lowest BCUT2D eigenvalue weighted by Gasteiger charge is -2.21. The van der Waals surface area contributed by atoms with E-state index in [2.05, 4.69) is 122 Å². The molecule has 0 saturated heterocycles. The Morgan fingerprint density at radius 2 is 1.58 bits per heavy atom. The van der Waals surface area contributed by atoms with Crippen LogP contribution in [0.25, 0.3) is 51.1 Å². The number of nitrogens with zero attached hydrogens (tertiary/aromatic N) is 1. The number of fused-ring (bicyclic) bond motifs is 6. The predicted molar refractivity (Wildman–Crippen MR) is 142 cm³/mol. The van der Waals surface area contributed by atoms with E-state index in [1.54, 1.807) is 0 Å². The van der Waals surface area contributed by atoms with Gasteiger partial charge < -0.3 is 4.57 Å². The second kappa shape index (κ2) is 7.08. The van der Waals surface area contributed by atoms with E-state index >= 15 is 0 Å². The molecule has 1 aromatic heterocycles. The average Bonchev–Trinajstić information content (AvgIpc) is 3.24. The van der Waals surface area contributed by atoms with Crippen molar-refractivity contribution < 1.29 is 0 Å². The lowest BCUT2D eigenvalue weighted by atomic mass is 9.82. The quantitative estimate of drug-likeness (QED) is 0.291. The van der Waals surface area contributed by atoms with Crippen molar-refractivity contribution in [1.82, 2.24) is 4.57 Å². The maximum atomic E-state index is 4.50. The molecule has 0 fully saturated rings. The second-order valence-corrected chi connectivity index (χ2v) is 9.48. The molecule has 160 valence electrons. The van der Waals surface area contributed by atoms with Gasteiger partial charge in [0.05, 0.1) is 10.9 Å². The third-order valence-electron chi connectivity index (χ3n) is 7.26. The molecular weight excluding hydrogens is 398 g/mol. The van der Waals surface area contributed by atoms with E-state index in [4.69, 9.17) is 0 Å². The van der Waals surface area contributed by atoms with E-state index in [9.17, 15) is 0 Å². The largest absolute Gasteiger partial charge is 0.309 e. The number of benzene rings is 4. The zero-order chi connectivity index (χ0) is 22.7. The molecule has 1 heteroatoms. The van der Waals surface area contributed by atoms with Gasteiger partial charge in [-0.15, -0.1) is 0 Å². The zero-order valence-electron chi connectivity index (χ0n) is 19.4. The molecule has 4 aromatic carbocycles. The first-order valence-corrected chi connectivity index (χ1v) is 11.6. The summed E-state index contributed by atoms with van der Waals surface area (Å²) in [4.78, 5) is 0. The fourth-order valence-electron chi connectivity index (χ4n) is 5.61. The van der Waals surface area contributed by atoms with Crippen LogP contribution in [-0.2, 0) is 5.41 Å². The highest BCUT2D eigenvalue weighted by molar-refractivity contribution is 6.08. The lowest BCUT2D eigenvalue weighted by Crippen LogP contribution is -2.26. The molecule has 0 N–H and O–H groups in total. The summed E-state index contributed by atoms with van der Waals surface area (Å²) >= 11 is 0. The van der Waals surface area contributed by atoms with E-state index in [0.29, 0.717) is 0 Å². The zero-order valence-corrected chi connectivity index (χ0v) is 19.4. The van der Waals surface area contributed by atoms with Gasteiger partial charge in [-0.25, -0.2) is 0 Å². The number of aromatic nitrogens is 1. The highest BCUT2D eigenvalue weighted by Gasteiger charge is 2.36. The molecule has 0 bridgehead atoms. The summed E-state index contributed by atoms with van der Waals surface area (Å²) in [6.07, 6.45) is 6.33. The first kappa shape index (κ1) is 19.8. The highest BCUT2D eigenvalue weighted by atomic mass is 15.0. The standard InChI is InChI=1S/C32H27N/c1-5-6-16-29-21(2)25-19-22-17-18-28-31(24-14-10-11-15-27(24)32(28,3)4)26(22)20-30(25)33(29)23-12-8-7-9-13-23/h5-20H,2H2,1,3-4H3/b6-5-,29-16+. The molecule has 0 aliphatic heterocycles. The van der Waals surface area contributed by atoms with Crippen molar-refractivity contribution in [2.45, 2.75) is 26.2 Å². The van der Waals surface area contributed by atoms with Crippen LogP contribution in [0.5, 0.6) is 0 Å². The summed E-state index contributed by atoms with van der Waals surface area (Å²) in [5, 5.41) is 5.97.